The summed E-state index contributed by atoms with van der Waals surface area (Å²) in [6.07, 6.45) is 2.65. The second-order valence-corrected chi connectivity index (χ2v) is 8.92. The van der Waals surface area contributed by atoms with Crippen LogP contribution in [0.3, 0.4) is 0 Å². The van der Waals surface area contributed by atoms with E-state index in [1.807, 2.05) is 30.3 Å². The Morgan fingerprint density at radius 2 is 1.77 bits per heavy atom. The zero-order valence-electron chi connectivity index (χ0n) is 18.7. The summed E-state index contributed by atoms with van der Waals surface area (Å²) in [6.45, 7) is 7.32. The Kier molecular flexibility index (Phi) is 9.20. The van der Waals surface area contributed by atoms with Crippen molar-refractivity contribution in [2.24, 2.45) is 5.92 Å². The molecule has 0 bridgehead atoms. The summed E-state index contributed by atoms with van der Waals surface area (Å²) in [4.78, 5) is 0. The number of hydrogen-bond donors (Lipinski definition) is 1. The van der Waals surface area contributed by atoms with E-state index in [4.69, 9.17) is 9.47 Å². The van der Waals surface area contributed by atoms with Gasteiger partial charge in [0.25, 0.3) is 0 Å². The maximum absolute atomic E-state index is 10.1. The number of halogens is 1. The highest BCUT2D eigenvalue weighted by molar-refractivity contribution is 9.10. The molecule has 5 heteroatoms. The molecule has 0 heterocycles. The van der Waals surface area contributed by atoms with E-state index in [-0.39, 0.29) is 5.92 Å². The minimum atomic E-state index is -0.492. The second kappa shape index (κ2) is 11.4. The van der Waals surface area contributed by atoms with E-state index in [1.54, 1.807) is 14.2 Å². The Balaban J connectivity index is 1.95. The summed E-state index contributed by atoms with van der Waals surface area (Å²) in [5.74, 6) is 1.73. The van der Waals surface area contributed by atoms with E-state index in [1.165, 1.54) is 5.56 Å². The van der Waals surface area contributed by atoms with Crippen LogP contribution in [0.2, 0.25) is 0 Å². The molecule has 4 nitrogen and oxygen atoms in total. The first-order valence-corrected chi connectivity index (χ1v) is 11.3. The molecule has 0 amide bonds. The molecule has 2 atom stereocenters. The largest absolute Gasteiger partial charge is 0.493 e. The van der Waals surface area contributed by atoms with Crippen LogP contribution < -0.4 is 14.8 Å². The number of benzene rings is 2. The Bertz CT molecular complexity index is 862. The highest BCUT2D eigenvalue weighted by Crippen LogP contribution is 2.40. The third kappa shape index (κ3) is 5.77. The first kappa shape index (κ1) is 24.2. The average Bonchev–Trinajstić information content (AvgIpc) is 2.74. The summed E-state index contributed by atoms with van der Waals surface area (Å²) in [5, 5.41) is 13.7. The third-order valence-corrected chi connectivity index (χ3v) is 6.46. The number of ether oxygens (including phenoxy) is 2. The molecular weight excluding hydrogens is 440 g/mol. The molecule has 0 aliphatic heterocycles. The number of nitrogens with zero attached hydrogens (tertiary/aromatic N) is 1. The van der Waals surface area contributed by atoms with Crippen molar-refractivity contribution in [3.63, 3.8) is 0 Å². The lowest BCUT2D eigenvalue weighted by atomic mass is 9.70. The van der Waals surface area contributed by atoms with Crippen LogP contribution in [0.25, 0.3) is 0 Å². The van der Waals surface area contributed by atoms with E-state index in [0.29, 0.717) is 6.04 Å². The van der Waals surface area contributed by atoms with Gasteiger partial charge in [-0.3, -0.25) is 0 Å². The van der Waals surface area contributed by atoms with Crippen molar-refractivity contribution in [3.05, 3.63) is 58.1 Å². The zero-order valence-corrected chi connectivity index (χ0v) is 20.3. The van der Waals surface area contributed by atoms with E-state index in [2.05, 4.69) is 60.2 Å². The minimum absolute atomic E-state index is 0.227. The van der Waals surface area contributed by atoms with Crippen molar-refractivity contribution in [1.82, 2.24) is 5.32 Å². The van der Waals surface area contributed by atoms with Gasteiger partial charge < -0.3 is 14.8 Å². The zero-order chi connectivity index (χ0) is 22.1. The van der Waals surface area contributed by atoms with Crippen LogP contribution in [0.15, 0.2) is 46.9 Å². The summed E-state index contributed by atoms with van der Waals surface area (Å²) in [6, 6.07) is 17.1. The highest BCUT2D eigenvalue weighted by atomic mass is 79.9. The van der Waals surface area contributed by atoms with Gasteiger partial charge in [-0.2, -0.15) is 5.26 Å². The van der Waals surface area contributed by atoms with Gasteiger partial charge in [0.1, 0.15) is 0 Å². The lowest BCUT2D eigenvalue weighted by Crippen LogP contribution is -2.34. The van der Waals surface area contributed by atoms with E-state index < -0.39 is 5.41 Å². The fourth-order valence-corrected chi connectivity index (χ4v) is 4.59. The Morgan fingerprint density at radius 1 is 1.07 bits per heavy atom. The van der Waals surface area contributed by atoms with Crippen molar-refractivity contribution < 1.29 is 9.47 Å². The molecule has 0 aliphatic rings. The number of nitrogens with one attached hydrogen (secondary N) is 1. The molecule has 0 aliphatic carbocycles. The van der Waals surface area contributed by atoms with E-state index >= 15 is 0 Å². The molecule has 0 fully saturated rings. The fraction of sp³-hybridized carbons (Fsp3) is 0.480. The van der Waals surface area contributed by atoms with Crippen LogP contribution in [-0.4, -0.2) is 26.8 Å². The van der Waals surface area contributed by atoms with Gasteiger partial charge in [-0.1, -0.05) is 54.0 Å². The summed E-state index contributed by atoms with van der Waals surface area (Å²) in [7, 11) is 3.30. The first-order chi connectivity index (χ1) is 14.4. The summed E-state index contributed by atoms with van der Waals surface area (Å²) >= 11 is 3.65. The predicted molar refractivity (Wildman–Crippen MR) is 126 cm³/mol. The van der Waals surface area contributed by atoms with Gasteiger partial charge in [-0.05, 0) is 68.0 Å². The standard InChI is InChI=1S/C25H33BrN2O2/c1-18(2)25(17-27,21-9-6-7-10-22(21)26)13-8-14-28-19(3)15-20-11-12-23(29-4)24(16-20)30-5/h6-7,9-12,16,18-19,28H,8,13-15H2,1-5H3. The van der Waals surface area contributed by atoms with Gasteiger partial charge >= 0.3 is 0 Å². The van der Waals surface area contributed by atoms with Crippen molar-refractivity contribution in [1.29, 1.82) is 5.26 Å². The summed E-state index contributed by atoms with van der Waals surface area (Å²) < 4.78 is 11.7. The number of rotatable bonds is 11. The van der Waals surface area contributed by atoms with Gasteiger partial charge in [0.05, 0.1) is 25.7 Å². The van der Waals surface area contributed by atoms with Crippen molar-refractivity contribution in [3.8, 4) is 17.6 Å². The van der Waals surface area contributed by atoms with Crippen LogP contribution in [0, 0.1) is 17.2 Å². The summed E-state index contributed by atoms with van der Waals surface area (Å²) in [5.41, 5.74) is 1.80. The van der Waals surface area contributed by atoms with Crippen LogP contribution in [0.4, 0.5) is 0 Å². The minimum Gasteiger partial charge on any atom is -0.493 e. The van der Waals surface area contributed by atoms with Gasteiger partial charge in [-0.15, -0.1) is 0 Å². The second-order valence-electron chi connectivity index (χ2n) is 8.07. The molecule has 2 aromatic carbocycles. The molecule has 1 N–H and O–H groups in total. The molecule has 0 saturated carbocycles. The Labute approximate surface area is 189 Å². The molecule has 0 saturated heterocycles. The van der Waals surface area contributed by atoms with Crippen LogP contribution in [-0.2, 0) is 11.8 Å². The van der Waals surface area contributed by atoms with Crippen molar-refractivity contribution in [2.45, 2.75) is 51.5 Å². The molecule has 2 unspecified atom stereocenters. The fourth-order valence-electron chi connectivity index (χ4n) is 3.95. The Morgan fingerprint density at radius 3 is 2.37 bits per heavy atom. The van der Waals surface area contributed by atoms with Crippen molar-refractivity contribution >= 4 is 15.9 Å². The molecule has 2 aromatic rings. The van der Waals surface area contributed by atoms with Crippen LogP contribution >= 0.6 is 15.9 Å². The quantitative estimate of drug-likeness (QED) is 0.414. The maximum Gasteiger partial charge on any atom is 0.160 e. The predicted octanol–water partition coefficient (Wildman–Crippen LogP) is 5.88. The molecular formula is C25H33BrN2O2. The van der Waals surface area contributed by atoms with Crippen LogP contribution in [0.5, 0.6) is 11.5 Å². The molecule has 2 rings (SSSR count). The maximum atomic E-state index is 10.1. The topological polar surface area (TPSA) is 54.3 Å². The first-order valence-electron chi connectivity index (χ1n) is 10.5. The molecule has 0 spiro atoms. The van der Waals surface area contributed by atoms with Crippen LogP contribution in [0.1, 0.15) is 44.7 Å². The molecule has 0 radical (unpaired) electrons. The highest BCUT2D eigenvalue weighted by Gasteiger charge is 2.36. The monoisotopic (exact) mass is 472 g/mol. The average molecular weight is 473 g/mol. The van der Waals surface area contributed by atoms with Crippen molar-refractivity contribution in [2.75, 3.05) is 20.8 Å². The smallest absolute Gasteiger partial charge is 0.160 e. The van der Waals surface area contributed by atoms with Gasteiger partial charge in [0.15, 0.2) is 11.5 Å². The third-order valence-electron chi connectivity index (χ3n) is 5.77. The number of hydrogen-bond acceptors (Lipinski definition) is 4. The normalized spacial score (nSPS) is 14.1. The Hall–Kier alpha value is -2.03. The molecule has 0 aromatic heterocycles. The number of nitriles is 1. The van der Waals surface area contributed by atoms with Gasteiger partial charge in [0, 0.05) is 10.5 Å². The SMILES string of the molecule is COc1ccc(CC(C)NCCCC(C#N)(c2ccccc2Br)C(C)C)cc1OC. The van der Waals surface area contributed by atoms with E-state index in [9.17, 15) is 5.26 Å². The van der Waals surface area contributed by atoms with Gasteiger partial charge in [0.2, 0.25) is 0 Å². The number of methoxy groups -OCH3 is 2. The lowest BCUT2D eigenvalue weighted by Gasteiger charge is -2.32. The van der Waals surface area contributed by atoms with E-state index in [0.717, 1.165) is 47.3 Å². The molecule has 30 heavy (non-hydrogen) atoms. The van der Waals surface area contributed by atoms with Gasteiger partial charge in [-0.25, -0.2) is 0 Å². The lowest BCUT2D eigenvalue weighted by molar-refractivity contribution is 0.351. The molecule has 162 valence electrons.